The van der Waals surface area contributed by atoms with Crippen molar-refractivity contribution in [1.82, 2.24) is 0 Å². The third-order valence-corrected chi connectivity index (χ3v) is 6.82. The summed E-state index contributed by atoms with van der Waals surface area (Å²) in [5, 5.41) is 0. The zero-order valence-electron chi connectivity index (χ0n) is 15.8. The summed E-state index contributed by atoms with van der Waals surface area (Å²) >= 11 is 0. The second-order valence-electron chi connectivity index (χ2n) is 7.50. The lowest BCUT2D eigenvalue weighted by molar-refractivity contribution is -0.275. The standard InChI is InChI=1S/C20H22F4O3S/c1-19(2,3)28(25,26)13-16-8-5-14(6-9-16)4-7-15-10-11-17(21)18(12-15)27-20(22,23)24/h5-6,8-12H,4,7,13H2,1-3H3. The molecule has 0 aliphatic rings. The molecule has 3 nitrogen and oxygen atoms in total. The van der Waals surface area contributed by atoms with Gasteiger partial charge in [0, 0.05) is 0 Å². The van der Waals surface area contributed by atoms with Gasteiger partial charge < -0.3 is 4.74 Å². The second kappa shape index (κ2) is 8.11. The van der Waals surface area contributed by atoms with Crippen LogP contribution in [0, 0.1) is 5.82 Å². The molecule has 0 heterocycles. The molecule has 0 spiro atoms. The van der Waals surface area contributed by atoms with E-state index in [9.17, 15) is 26.0 Å². The molecular weight excluding hydrogens is 396 g/mol. The van der Waals surface area contributed by atoms with Crippen molar-refractivity contribution in [1.29, 1.82) is 0 Å². The van der Waals surface area contributed by atoms with Gasteiger partial charge in [0.1, 0.15) is 0 Å². The Bertz CT molecular complexity index is 912. The summed E-state index contributed by atoms with van der Waals surface area (Å²) in [7, 11) is -3.28. The van der Waals surface area contributed by atoms with E-state index in [-0.39, 0.29) is 5.75 Å². The zero-order chi connectivity index (χ0) is 21.2. The summed E-state index contributed by atoms with van der Waals surface area (Å²) in [6.07, 6.45) is -4.07. The highest BCUT2D eigenvalue weighted by atomic mass is 32.2. The van der Waals surface area contributed by atoms with Gasteiger partial charge in [-0.3, -0.25) is 0 Å². The highest BCUT2D eigenvalue weighted by molar-refractivity contribution is 7.91. The predicted octanol–water partition coefficient (Wildman–Crippen LogP) is 5.22. The van der Waals surface area contributed by atoms with E-state index in [4.69, 9.17) is 0 Å². The number of hydrogen-bond acceptors (Lipinski definition) is 3. The average molecular weight is 418 g/mol. The first-order valence-electron chi connectivity index (χ1n) is 8.61. The Kier molecular flexibility index (Phi) is 6.43. The zero-order valence-corrected chi connectivity index (χ0v) is 16.6. The van der Waals surface area contributed by atoms with Gasteiger partial charge in [0.15, 0.2) is 21.4 Å². The van der Waals surface area contributed by atoms with Gasteiger partial charge in [0.25, 0.3) is 0 Å². The highest BCUT2D eigenvalue weighted by Gasteiger charge is 2.32. The van der Waals surface area contributed by atoms with E-state index in [0.717, 1.165) is 17.7 Å². The Morgan fingerprint density at radius 2 is 1.36 bits per heavy atom. The number of halogens is 4. The van der Waals surface area contributed by atoms with Crippen LogP contribution in [0.15, 0.2) is 42.5 Å². The number of rotatable bonds is 6. The first-order valence-corrected chi connectivity index (χ1v) is 10.3. The van der Waals surface area contributed by atoms with Gasteiger partial charge in [-0.25, -0.2) is 12.8 Å². The third kappa shape index (κ3) is 6.22. The third-order valence-electron chi connectivity index (χ3n) is 4.24. The minimum atomic E-state index is -4.96. The Labute approximate surface area is 162 Å². The topological polar surface area (TPSA) is 43.4 Å². The van der Waals surface area contributed by atoms with Gasteiger partial charge >= 0.3 is 6.36 Å². The van der Waals surface area contributed by atoms with E-state index in [1.165, 1.54) is 6.07 Å². The molecule has 0 atom stereocenters. The van der Waals surface area contributed by atoms with E-state index < -0.39 is 32.5 Å². The van der Waals surface area contributed by atoms with Gasteiger partial charge in [0.2, 0.25) is 0 Å². The molecule has 2 aromatic rings. The number of sulfone groups is 1. The summed E-state index contributed by atoms with van der Waals surface area (Å²) in [5.74, 6) is -1.99. The maximum atomic E-state index is 13.5. The molecule has 28 heavy (non-hydrogen) atoms. The Morgan fingerprint density at radius 1 is 0.857 bits per heavy atom. The van der Waals surface area contributed by atoms with Crippen LogP contribution in [-0.4, -0.2) is 19.5 Å². The molecule has 0 unspecified atom stereocenters. The summed E-state index contributed by atoms with van der Waals surface area (Å²) < 4.78 is 77.7. The fourth-order valence-corrected chi connectivity index (χ4v) is 3.50. The van der Waals surface area contributed by atoms with E-state index >= 15 is 0 Å². The minimum Gasteiger partial charge on any atom is -0.403 e. The van der Waals surface area contributed by atoms with Crippen LogP contribution in [0.25, 0.3) is 0 Å². The molecule has 2 rings (SSSR count). The molecular formula is C20H22F4O3S. The second-order valence-corrected chi connectivity index (χ2v) is 10.2. The van der Waals surface area contributed by atoms with Gasteiger partial charge in [0.05, 0.1) is 10.5 Å². The summed E-state index contributed by atoms with van der Waals surface area (Å²) in [4.78, 5) is 0. The van der Waals surface area contributed by atoms with Crippen LogP contribution in [0.2, 0.25) is 0 Å². The van der Waals surface area contributed by atoms with Crippen molar-refractivity contribution in [3.05, 3.63) is 65.0 Å². The summed E-state index contributed by atoms with van der Waals surface area (Å²) in [5.41, 5.74) is 2.06. The number of hydrogen-bond donors (Lipinski definition) is 0. The monoisotopic (exact) mass is 418 g/mol. The van der Waals surface area contributed by atoms with Crippen LogP contribution in [0.3, 0.4) is 0 Å². The molecule has 0 saturated carbocycles. The van der Waals surface area contributed by atoms with Crippen LogP contribution >= 0.6 is 0 Å². The number of ether oxygens (including phenoxy) is 1. The van der Waals surface area contributed by atoms with Gasteiger partial charge in [-0.15, -0.1) is 13.2 Å². The lowest BCUT2D eigenvalue weighted by Crippen LogP contribution is -2.29. The molecule has 0 bridgehead atoms. The van der Waals surface area contributed by atoms with Crippen molar-refractivity contribution in [3.8, 4) is 5.75 Å². The quantitative estimate of drug-likeness (QED) is 0.604. The van der Waals surface area contributed by atoms with Crippen molar-refractivity contribution in [2.24, 2.45) is 0 Å². The molecule has 0 amide bonds. The Hall–Kier alpha value is -2.09. The highest BCUT2D eigenvalue weighted by Crippen LogP contribution is 2.27. The number of alkyl halides is 3. The molecule has 2 aromatic carbocycles. The van der Waals surface area contributed by atoms with Gasteiger partial charge in [-0.05, 0) is 62.4 Å². The van der Waals surface area contributed by atoms with Crippen molar-refractivity contribution in [3.63, 3.8) is 0 Å². The SMILES string of the molecule is CC(C)(C)S(=O)(=O)Cc1ccc(CCc2ccc(F)c(OC(F)(F)F)c2)cc1. The normalized spacial score (nSPS) is 12.8. The minimum absolute atomic E-state index is 0.0626. The van der Waals surface area contributed by atoms with Crippen LogP contribution in [0.4, 0.5) is 17.6 Å². The van der Waals surface area contributed by atoms with E-state index in [1.807, 2.05) is 0 Å². The lowest BCUT2D eigenvalue weighted by Gasteiger charge is -2.19. The number of benzene rings is 2. The van der Waals surface area contributed by atoms with Crippen molar-refractivity contribution >= 4 is 9.84 Å². The van der Waals surface area contributed by atoms with Gasteiger partial charge in [-0.1, -0.05) is 30.3 Å². The largest absolute Gasteiger partial charge is 0.573 e. The number of aryl methyl sites for hydroxylation is 2. The summed E-state index contributed by atoms with van der Waals surface area (Å²) in [6, 6.07) is 10.4. The lowest BCUT2D eigenvalue weighted by atomic mass is 10.0. The molecule has 0 fully saturated rings. The molecule has 0 radical (unpaired) electrons. The fraction of sp³-hybridized carbons (Fsp3) is 0.400. The van der Waals surface area contributed by atoms with E-state index in [1.54, 1.807) is 45.0 Å². The molecule has 0 aromatic heterocycles. The van der Waals surface area contributed by atoms with Crippen LogP contribution in [0.1, 0.15) is 37.5 Å². The molecule has 0 N–H and O–H groups in total. The first kappa shape index (κ1) is 22.2. The smallest absolute Gasteiger partial charge is 0.403 e. The fourth-order valence-electron chi connectivity index (χ4n) is 2.43. The average Bonchev–Trinajstić information content (AvgIpc) is 2.54. The first-order chi connectivity index (χ1) is 12.8. The van der Waals surface area contributed by atoms with Crippen molar-refractivity contribution < 1.29 is 30.7 Å². The molecule has 0 aliphatic carbocycles. The maximum Gasteiger partial charge on any atom is 0.573 e. The maximum absolute atomic E-state index is 13.5. The summed E-state index contributed by atoms with van der Waals surface area (Å²) in [6.45, 7) is 4.95. The Balaban J connectivity index is 2.03. The van der Waals surface area contributed by atoms with Crippen molar-refractivity contribution in [2.75, 3.05) is 0 Å². The predicted molar refractivity (Wildman–Crippen MR) is 99.3 cm³/mol. The molecule has 0 aliphatic heterocycles. The molecule has 154 valence electrons. The Morgan fingerprint density at radius 3 is 1.89 bits per heavy atom. The van der Waals surface area contributed by atoms with Crippen LogP contribution in [-0.2, 0) is 28.4 Å². The van der Waals surface area contributed by atoms with Crippen molar-refractivity contribution in [2.45, 2.75) is 50.5 Å². The molecule has 0 saturated heterocycles. The van der Waals surface area contributed by atoms with Gasteiger partial charge in [-0.2, -0.15) is 0 Å². The van der Waals surface area contributed by atoms with E-state index in [0.29, 0.717) is 24.0 Å². The molecule has 8 heteroatoms. The van der Waals surface area contributed by atoms with Crippen LogP contribution < -0.4 is 4.74 Å². The van der Waals surface area contributed by atoms with E-state index in [2.05, 4.69) is 4.74 Å². The van der Waals surface area contributed by atoms with Crippen LogP contribution in [0.5, 0.6) is 5.75 Å².